The van der Waals surface area contributed by atoms with E-state index >= 15 is 0 Å². The van der Waals surface area contributed by atoms with E-state index in [1.54, 1.807) is 0 Å². The summed E-state index contributed by atoms with van der Waals surface area (Å²) in [6.45, 7) is 8.11. The summed E-state index contributed by atoms with van der Waals surface area (Å²) in [6, 6.07) is 4.07. The Morgan fingerprint density at radius 3 is 2.76 bits per heavy atom. The Morgan fingerprint density at radius 2 is 2.14 bits per heavy atom. The first-order valence-corrected chi connectivity index (χ1v) is 7.82. The second kappa shape index (κ2) is 6.92. The van der Waals surface area contributed by atoms with Crippen LogP contribution in [0, 0.1) is 25.2 Å². The first-order chi connectivity index (χ1) is 10.0. The van der Waals surface area contributed by atoms with Crippen LogP contribution in [0.25, 0.3) is 0 Å². The molecule has 1 amide bonds. The maximum absolute atomic E-state index is 12.4. The number of aromatic nitrogens is 1. The van der Waals surface area contributed by atoms with Crippen LogP contribution in [0.5, 0.6) is 0 Å². The van der Waals surface area contributed by atoms with Gasteiger partial charge in [0, 0.05) is 18.8 Å². The Kier molecular flexibility index (Phi) is 5.21. The zero-order valence-corrected chi connectivity index (χ0v) is 13.4. The number of amides is 1. The van der Waals surface area contributed by atoms with Crippen LogP contribution in [0.15, 0.2) is 11.1 Å². The van der Waals surface area contributed by atoms with Crippen molar-refractivity contribution in [2.45, 2.75) is 31.0 Å². The van der Waals surface area contributed by atoms with Crippen molar-refractivity contribution in [2.75, 3.05) is 26.3 Å². The van der Waals surface area contributed by atoms with Gasteiger partial charge in [-0.2, -0.15) is 5.26 Å². The summed E-state index contributed by atoms with van der Waals surface area (Å²) in [5, 5.41) is 9.66. The molecule has 1 aliphatic heterocycles. The minimum absolute atomic E-state index is 0.0770. The average Bonchev–Trinajstić information content (AvgIpc) is 2.47. The largest absolute Gasteiger partial charge is 0.378 e. The second-order valence-electron chi connectivity index (χ2n) is 5.07. The van der Waals surface area contributed by atoms with Crippen LogP contribution >= 0.6 is 11.8 Å². The van der Waals surface area contributed by atoms with E-state index in [1.165, 1.54) is 11.8 Å². The molecule has 112 valence electrons. The first kappa shape index (κ1) is 15.8. The molecule has 21 heavy (non-hydrogen) atoms. The van der Waals surface area contributed by atoms with Crippen LogP contribution in [0.1, 0.15) is 23.7 Å². The van der Waals surface area contributed by atoms with Gasteiger partial charge in [0.15, 0.2) is 0 Å². The zero-order valence-electron chi connectivity index (χ0n) is 12.5. The molecular formula is C15H19N3O2S. The highest BCUT2D eigenvalue weighted by atomic mass is 32.2. The molecule has 1 atom stereocenters. The Labute approximate surface area is 129 Å². The molecule has 1 aromatic heterocycles. The molecule has 1 aromatic rings. The van der Waals surface area contributed by atoms with Crippen molar-refractivity contribution in [2.24, 2.45) is 0 Å². The third-order valence-electron chi connectivity index (χ3n) is 3.38. The number of nitriles is 1. The number of rotatable bonds is 3. The van der Waals surface area contributed by atoms with Crippen LogP contribution in [-0.4, -0.2) is 47.3 Å². The van der Waals surface area contributed by atoms with Crippen molar-refractivity contribution in [3.05, 3.63) is 22.9 Å². The quantitative estimate of drug-likeness (QED) is 0.798. The molecule has 0 aliphatic carbocycles. The predicted molar refractivity (Wildman–Crippen MR) is 81.1 cm³/mol. The average molecular weight is 305 g/mol. The Morgan fingerprint density at radius 1 is 1.48 bits per heavy atom. The molecule has 0 aromatic carbocycles. The van der Waals surface area contributed by atoms with E-state index in [2.05, 4.69) is 11.1 Å². The normalized spacial score (nSPS) is 16.4. The third kappa shape index (κ3) is 3.74. The lowest BCUT2D eigenvalue weighted by atomic mass is 10.1. The fourth-order valence-corrected chi connectivity index (χ4v) is 3.39. The van der Waals surface area contributed by atoms with Crippen molar-refractivity contribution in [1.82, 2.24) is 9.88 Å². The van der Waals surface area contributed by atoms with Gasteiger partial charge in [-0.25, -0.2) is 4.98 Å². The van der Waals surface area contributed by atoms with E-state index < -0.39 is 0 Å². The lowest BCUT2D eigenvalue weighted by molar-refractivity contribution is -0.134. The zero-order chi connectivity index (χ0) is 15.4. The minimum atomic E-state index is -0.260. The number of carbonyl (C=O) groups is 1. The molecule has 0 saturated carbocycles. The predicted octanol–water partition coefficient (Wildman–Crippen LogP) is 1.91. The number of aryl methyl sites for hydroxylation is 2. The fourth-order valence-electron chi connectivity index (χ4n) is 2.28. The molecule has 2 rings (SSSR count). The number of hydrogen-bond acceptors (Lipinski definition) is 5. The summed E-state index contributed by atoms with van der Waals surface area (Å²) in [7, 11) is 0. The summed E-state index contributed by atoms with van der Waals surface area (Å²) >= 11 is 1.36. The summed E-state index contributed by atoms with van der Waals surface area (Å²) in [4.78, 5) is 18.6. The number of hydrogen-bond donors (Lipinski definition) is 0. The lowest BCUT2D eigenvalue weighted by Crippen LogP contribution is -2.44. The van der Waals surface area contributed by atoms with Gasteiger partial charge in [-0.05, 0) is 32.4 Å². The van der Waals surface area contributed by atoms with Crippen molar-refractivity contribution in [3.8, 4) is 6.07 Å². The molecule has 0 radical (unpaired) electrons. The maximum atomic E-state index is 12.4. The molecule has 1 aliphatic rings. The molecule has 0 N–H and O–H groups in total. The summed E-state index contributed by atoms with van der Waals surface area (Å²) in [5.41, 5.74) is 2.32. The van der Waals surface area contributed by atoms with Gasteiger partial charge in [0.2, 0.25) is 5.91 Å². The van der Waals surface area contributed by atoms with E-state index in [-0.39, 0.29) is 11.2 Å². The van der Waals surface area contributed by atoms with E-state index in [9.17, 15) is 10.1 Å². The Bertz CT molecular complexity index is 577. The van der Waals surface area contributed by atoms with Crippen LogP contribution in [0.2, 0.25) is 0 Å². The highest BCUT2D eigenvalue weighted by molar-refractivity contribution is 8.00. The molecule has 1 fully saturated rings. The number of ether oxygens (including phenoxy) is 1. The van der Waals surface area contributed by atoms with Crippen LogP contribution < -0.4 is 0 Å². The number of carbonyl (C=O) groups excluding carboxylic acids is 1. The van der Waals surface area contributed by atoms with Gasteiger partial charge < -0.3 is 9.64 Å². The summed E-state index contributed by atoms with van der Waals surface area (Å²) < 4.78 is 5.26. The molecule has 0 bridgehead atoms. The highest BCUT2D eigenvalue weighted by Gasteiger charge is 2.24. The molecular weight excluding hydrogens is 286 g/mol. The van der Waals surface area contributed by atoms with Gasteiger partial charge in [0.25, 0.3) is 0 Å². The Balaban J connectivity index is 2.14. The minimum Gasteiger partial charge on any atom is -0.378 e. The molecule has 1 unspecified atom stereocenters. The van der Waals surface area contributed by atoms with Gasteiger partial charge in [0.05, 0.1) is 24.0 Å². The van der Waals surface area contributed by atoms with Gasteiger partial charge >= 0.3 is 0 Å². The maximum Gasteiger partial charge on any atom is 0.235 e. The number of morpholine rings is 1. The fraction of sp³-hybridized carbons (Fsp3) is 0.533. The van der Waals surface area contributed by atoms with Crippen LogP contribution in [0.4, 0.5) is 0 Å². The number of nitrogens with zero attached hydrogens (tertiary/aromatic N) is 3. The second-order valence-corrected chi connectivity index (χ2v) is 6.40. The van der Waals surface area contributed by atoms with Crippen molar-refractivity contribution in [3.63, 3.8) is 0 Å². The third-order valence-corrected chi connectivity index (χ3v) is 4.46. The summed E-state index contributed by atoms with van der Waals surface area (Å²) in [6.07, 6.45) is 0. The van der Waals surface area contributed by atoms with E-state index in [4.69, 9.17) is 4.74 Å². The highest BCUT2D eigenvalue weighted by Crippen LogP contribution is 2.28. The van der Waals surface area contributed by atoms with E-state index in [0.29, 0.717) is 36.9 Å². The summed E-state index contributed by atoms with van der Waals surface area (Å²) in [5.74, 6) is 0.0770. The smallest absolute Gasteiger partial charge is 0.235 e. The Hall–Kier alpha value is -1.58. The molecule has 2 heterocycles. The van der Waals surface area contributed by atoms with E-state index in [0.717, 1.165) is 11.3 Å². The standard InChI is InChI=1S/C15H19N3O2S/c1-10-8-11(2)17-14(13(10)9-16)21-12(3)15(19)18-4-6-20-7-5-18/h8,12H,4-7H2,1-3H3. The number of thioether (sulfide) groups is 1. The molecule has 6 heteroatoms. The van der Waals surface area contributed by atoms with Gasteiger partial charge in [-0.3, -0.25) is 4.79 Å². The lowest BCUT2D eigenvalue weighted by Gasteiger charge is -2.29. The molecule has 5 nitrogen and oxygen atoms in total. The van der Waals surface area contributed by atoms with Crippen molar-refractivity contribution >= 4 is 17.7 Å². The molecule has 1 saturated heterocycles. The van der Waals surface area contributed by atoms with E-state index in [1.807, 2.05) is 31.7 Å². The monoisotopic (exact) mass is 305 g/mol. The first-order valence-electron chi connectivity index (χ1n) is 6.94. The van der Waals surface area contributed by atoms with Gasteiger partial charge in [0.1, 0.15) is 11.1 Å². The molecule has 0 spiro atoms. The topological polar surface area (TPSA) is 66.2 Å². The van der Waals surface area contributed by atoms with Crippen LogP contribution in [-0.2, 0) is 9.53 Å². The van der Waals surface area contributed by atoms with Gasteiger partial charge in [-0.1, -0.05) is 11.8 Å². The van der Waals surface area contributed by atoms with Crippen molar-refractivity contribution in [1.29, 1.82) is 5.26 Å². The SMILES string of the molecule is Cc1cc(C)c(C#N)c(SC(C)C(=O)N2CCOCC2)n1. The van der Waals surface area contributed by atoms with Crippen LogP contribution in [0.3, 0.4) is 0 Å². The van der Waals surface area contributed by atoms with Crippen molar-refractivity contribution < 1.29 is 9.53 Å². The van der Waals surface area contributed by atoms with Gasteiger partial charge in [-0.15, -0.1) is 0 Å². The number of pyridine rings is 1.